The molecule has 1 heterocycles. The zero-order valence-corrected chi connectivity index (χ0v) is 15.2. The lowest BCUT2D eigenvalue weighted by Gasteiger charge is -2.17. The summed E-state index contributed by atoms with van der Waals surface area (Å²) in [6, 6.07) is 13.1. The van der Waals surface area contributed by atoms with Gasteiger partial charge in [0, 0.05) is 6.42 Å². The predicted molar refractivity (Wildman–Crippen MR) is 101 cm³/mol. The van der Waals surface area contributed by atoms with E-state index in [1.165, 1.54) is 4.68 Å². The highest BCUT2D eigenvalue weighted by molar-refractivity contribution is 5.77. The number of carbonyl (C=O) groups excluding carboxylic acids is 1. The zero-order valence-electron chi connectivity index (χ0n) is 15.2. The van der Waals surface area contributed by atoms with E-state index in [4.69, 9.17) is 0 Å². The summed E-state index contributed by atoms with van der Waals surface area (Å²) in [5.41, 5.74) is 3.72. The van der Waals surface area contributed by atoms with Gasteiger partial charge in [-0.3, -0.25) is 9.59 Å². The number of aromatic nitrogens is 3. The molecule has 0 aliphatic carbocycles. The third-order valence-electron chi connectivity index (χ3n) is 4.46. The van der Waals surface area contributed by atoms with Gasteiger partial charge in [0.05, 0.1) is 18.0 Å². The number of carbonyl (C=O) groups is 1. The second kappa shape index (κ2) is 7.47. The topological polar surface area (TPSA) is 76.9 Å². The third kappa shape index (κ3) is 3.79. The summed E-state index contributed by atoms with van der Waals surface area (Å²) in [5, 5.41) is 11.4. The zero-order chi connectivity index (χ0) is 18.7. The van der Waals surface area contributed by atoms with Crippen molar-refractivity contribution < 1.29 is 4.79 Å². The summed E-state index contributed by atoms with van der Waals surface area (Å²) in [5.74, 6) is -0.125. The Bertz CT molecular complexity index is 1010. The van der Waals surface area contributed by atoms with E-state index in [-0.39, 0.29) is 30.5 Å². The molecule has 6 heteroatoms. The Morgan fingerprint density at radius 1 is 1.19 bits per heavy atom. The SMILES string of the molecule is Cc1ccc(C)c(C(C)NC(=O)CCn2nnc3ccccc3c2=O)c1. The van der Waals surface area contributed by atoms with Gasteiger partial charge in [0.1, 0.15) is 5.52 Å². The van der Waals surface area contributed by atoms with E-state index in [9.17, 15) is 9.59 Å². The summed E-state index contributed by atoms with van der Waals surface area (Å²) >= 11 is 0. The number of fused-ring (bicyclic) bond motifs is 1. The summed E-state index contributed by atoms with van der Waals surface area (Å²) < 4.78 is 1.24. The molecule has 1 unspecified atom stereocenters. The molecule has 1 atom stereocenters. The van der Waals surface area contributed by atoms with Crippen LogP contribution in [0, 0.1) is 13.8 Å². The molecule has 0 bridgehead atoms. The van der Waals surface area contributed by atoms with Crippen LogP contribution in [0.3, 0.4) is 0 Å². The molecule has 0 spiro atoms. The molecule has 0 saturated carbocycles. The number of amides is 1. The molecule has 0 saturated heterocycles. The molecule has 1 aromatic heterocycles. The van der Waals surface area contributed by atoms with Crippen molar-refractivity contribution in [3.05, 3.63) is 69.5 Å². The number of nitrogens with one attached hydrogen (secondary N) is 1. The van der Waals surface area contributed by atoms with Gasteiger partial charge in [-0.1, -0.05) is 41.1 Å². The molecule has 6 nitrogen and oxygen atoms in total. The Balaban J connectivity index is 1.67. The first-order valence-corrected chi connectivity index (χ1v) is 8.65. The summed E-state index contributed by atoms with van der Waals surface area (Å²) in [7, 11) is 0. The van der Waals surface area contributed by atoms with Gasteiger partial charge in [0.15, 0.2) is 0 Å². The normalized spacial score (nSPS) is 12.1. The summed E-state index contributed by atoms with van der Waals surface area (Å²) in [6.45, 7) is 6.22. The van der Waals surface area contributed by atoms with Crippen LogP contribution < -0.4 is 10.9 Å². The Hall–Kier alpha value is -3.02. The molecule has 0 fully saturated rings. The van der Waals surface area contributed by atoms with Crippen molar-refractivity contribution in [1.82, 2.24) is 20.3 Å². The van der Waals surface area contributed by atoms with E-state index in [0.717, 1.165) is 16.7 Å². The van der Waals surface area contributed by atoms with E-state index in [0.29, 0.717) is 10.9 Å². The summed E-state index contributed by atoms with van der Waals surface area (Å²) in [6.07, 6.45) is 0.169. The van der Waals surface area contributed by atoms with Crippen LogP contribution in [-0.4, -0.2) is 20.9 Å². The predicted octanol–water partition coefficient (Wildman–Crippen LogP) is 2.68. The lowest BCUT2D eigenvalue weighted by molar-refractivity contribution is -0.122. The maximum atomic E-state index is 12.4. The van der Waals surface area contributed by atoms with Crippen molar-refractivity contribution in [2.24, 2.45) is 0 Å². The summed E-state index contributed by atoms with van der Waals surface area (Å²) in [4.78, 5) is 24.7. The van der Waals surface area contributed by atoms with Crippen molar-refractivity contribution in [3.63, 3.8) is 0 Å². The van der Waals surface area contributed by atoms with Crippen LogP contribution in [-0.2, 0) is 11.3 Å². The smallest absolute Gasteiger partial charge is 0.277 e. The van der Waals surface area contributed by atoms with Gasteiger partial charge in [0.25, 0.3) is 5.56 Å². The van der Waals surface area contributed by atoms with Gasteiger partial charge in [-0.15, -0.1) is 5.10 Å². The standard InChI is InChI=1S/C20H22N4O2/c1-13-8-9-14(2)17(12-13)15(3)21-19(25)10-11-24-20(26)16-6-4-5-7-18(16)22-23-24/h4-9,12,15H,10-11H2,1-3H3,(H,21,25). The van der Waals surface area contributed by atoms with E-state index in [1.807, 2.05) is 26.8 Å². The van der Waals surface area contributed by atoms with Crippen LogP contribution in [0.1, 0.15) is 36.1 Å². The molecule has 1 N–H and O–H groups in total. The highest BCUT2D eigenvalue weighted by Gasteiger charge is 2.13. The van der Waals surface area contributed by atoms with Crippen LogP contribution in [0.2, 0.25) is 0 Å². The first-order valence-electron chi connectivity index (χ1n) is 8.65. The van der Waals surface area contributed by atoms with Gasteiger partial charge < -0.3 is 5.32 Å². The van der Waals surface area contributed by atoms with Crippen molar-refractivity contribution >= 4 is 16.8 Å². The van der Waals surface area contributed by atoms with Crippen molar-refractivity contribution in [2.75, 3.05) is 0 Å². The number of hydrogen-bond donors (Lipinski definition) is 1. The van der Waals surface area contributed by atoms with E-state index >= 15 is 0 Å². The van der Waals surface area contributed by atoms with Crippen LogP contribution in [0.4, 0.5) is 0 Å². The monoisotopic (exact) mass is 350 g/mol. The average Bonchev–Trinajstić information content (AvgIpc) is 2.63. The molecule has 3 aromatic rings. The third-order valence-corrected chi connectivity index (χ3v) is 4.46. The fourth-order valence-electron chi connectivity index (χ4n) is 3.00. The number of nitrogens with zero attached hydrogens (tertiary/aromatic N) is 3. The Labute approximate surface area is 151 Å². The van der Waals surface area contributed by atoms with Gasteiger partial charge in [-0.05, 0) is 44.0 Å². The van der Waals surface area contributed by atoms with Gasteiger partial charge in [-0.25, -0.2) is 4.68 Å². The highest BCUT2D eigenvalue weighted by atomic mass is 16.2. The van der Waals surface area contributed by atoms with Gasteiger partial charge >= 0.3 is 0 Å². The Morgan fingerprint density at radius 2 is 1.96 bits per heavy atom. The van der Waals surface area contributed by atoms with Crippen molar-refractivity contribution in [1.29, 1.82) is 0 Å². The molecule has 2 aromatic carbocycles. The molecular weight excluding hydrogens is 328 g/mol. The Kier molecular flexibility index (Phi) is 5.11. The molecule has 0 aliphatic rings. The molecule has 3 rings (SSSR count). The minimum Gasteiger partial charge on any atom is -0.350 e. The van der Waals surface area contributed by atoms with Crippen LogP contribution in [0.5, 0.6) is 0 Å². The maximum absolute atomic E-state index is 12.4. The average molecular weight is 350 g/mol. The second-order valence-electron chi connectivity index (χ2n) is 6.53. The number of rotatable bonds is 5. The van der Waals surface area contributed by atoms with Gasteiger partial charge in [0.2, 0.25) is 5.91 Å². The molecule has 1 amide bonds. The number of hydrogen-bond acceptors (Lipinski definition) is 4. The maximum Gasteiger partial charge on any atom is 0.277 e. The lowest BCUT2D eigenvalue weighted by atomic mass is 10.00. The van der Waals surface area contributed by atoms with Crippen LogP contribution >= 0.6 is 0 Å². The quantitative estimate of drug-likeness (QED) is 0.767. The van der Waals surface area contributed by atoms with Crippen molar-refractivity contribution in [2.45, 2.75) is 39.8 Å². The molecule has 26 heavy (non-hydrogen) atoms. The number of aryl methyl sites for hydroxylation is 3. The van der Waals surface area contributed by atoms with Gasteiger partial charge in [-0.2, -0.15) is 0 Å². The fraction of sp³-hybridized carbons (Fsp3) is 0.300. The first-order chi connectivity index (χ1) is 12.5. The minimum absolute atomic E-state index is 0.0955. The number of benzene rings is 2. The lowest BCUT2D eigenvalue weighted by Crippen LogP contribution is -2.31. The largest absolute Gasteiger partial charge is 0.350 e. The van der Waals surface area contributed by atoms with E-state index in [1.54, 1.807) is 18.2 Å². The minimum atomic E-state index is -0.231. The second-order valence-corrected chi connectivity index (χ2v) is 6.53. The van der Waals surface area contributed by atoms with Crippen LogP contribution in [0.15, 0.2) is 47.3 Å². The van der Waals surface area contributed by atoms with E-state index < -0.39 is 0 Å². The highest BCUT2D eigenvalue weighted by Crippen LogP contribution is 2.18. The first kappa shape index (κ1) is 17.8. The molecule has 0 radical (unpaired) electrons. The Morgan fingerprint density at radius 3 is 2.77 bits per heavy atom. The molecule has 0 aliphatic heterocycles. The van der Waals surface area contributed by atoms with E-state index in [2.05, 4.69) is 33.8 Å². The fourth-order valence-corrected chi connectivity index (χ4v) is 3.00. The molecular formula is C20H22N4O2. The molecule has 134 valence electrons. The van der Waals surface area contributed by atoms with Crippen molar-refractivity contribution in [3.8, 4) is 0 Å². The van der Waals surface area contributed by atoms with Crippen LogP contribution in [0.25, 0.3) is 10.9 Å².